The van der Waals surface area contributed by atoms with Gasteiger partial charge in [0.1, 0.15) is 10.8 Å². The van der Waals surface area contributed by atoms with E-state index < -0.39 is 5.56 Å². The van der Waals surface area contributed by atoms with Gasteiger partial charge in [0, 0.05) is 17.5 Å². The van der Waals surface area contributed by atoms with Gasteiger partial charge in [-0.15, -0.1) is 0 Å². The summed E-state index contributed by atoms with van der Waals surface area (Å²) in [5, 5.41) is 9.04. The first kappa shape index (κ1) is 9.86. The van der Waals surface area contributed by atoms with Crippen molar-refractivity contribution < 1.29 is 5.11 Å². The van der Waals surface area contributed by atoms with E-state index in [0.717, 1.165) is 0 Å². The Morgan fingerprint density at radius 3 is 2.69 bits per heavy atom. The van der Waals surface area contributed by atoms with E-state index >= 15 is 0 Å². The van der Waals surface area contributed by atoms with Gasteiger partial charge in [-0.2, -0.15) is 0 Å². The van der Waals surface area contributed by atoms with Gasteiger partial charge in [0.15, 0.2) is 0 Å². The highest BCUT2D eigenvalue weighted by atomic mass is 35.5. The minimum Gasteiger partial charge on any atom is -0.506 e. The summed E-state index contributed by atoms with van der Waals surface area (Å²) in [5.74, 6) is -0.193. The number of aromatic nitrogens is 1. The summed E-state index contributed by atoms with van der Waals surface area (Å²) in [6, 6.07) is 1.43. The van der Waals surface area contributed by atoms with Gasteiger partial charge >= 0.3 is 0 Å². The highest BCUT2D eigenvalue weighted by molar-refractivity contribution is 6.31. The number of halogens is 1. The molecule has 0 spiro atoms. The zero-order chi connectivity index (χ0) is 10.2. The Morgan fingerprint density at radius 2 is 2.23 bits per heavy atom. The Bertz CT molecular complexity index is 420. The number of pyridine rings is 1. The highest BCUT2D eigenvalue weighted by Gasteiger charge is 2.09. The topological polar surface area (TPSA) is 42.2 Å². The van der Waals surface area contributed by atoms with Crippen LogP contribution in [0.2, 0.25) is 5.02 Å². The molecule has 1 heterocycles. The normalized spacial score (nSPS) is 10.1. The smallest absolute Gasteiger partial charge is 0.277 e. The van der Waals surface area contributed by atoms with Gasteiger partial charge in [0.25, 0.3) is 5.56 Å². The van der Waals surface area contributed by atoms with E-state index in [1.807, 2.05) is 0 Å². The predicted octanol–water partition coefficient (Wildman–Crippen LogP) is 2.01. The van der Waals surface area contributed by atoms with Gasteiger partial charge in [0.2, 0.25) is 0 Å². The third-order valence-corrected chi connectivity index (χ3v) is 2.05. The summed E-state index contributed by atoms with van der Waals surface area (Å²) in [4.78, 5) is 11.5. The SMILES string of the molecule is C=C(C)n1c(C)cc(O)c(Cl)c1=O. The summed E-state index contributed by atoms with van der Waals surface area (Å²) in [7, 11) is 0. The van der Waals surface area contributed by atoms with Crippen LogP contribution in [0.25, 0.3) is 5.70 Å². The number of nitrogens with zero attached hydrogens (tertiary/aromatic N) is 1. The molecule has 0 saturated carbocycles. The van der Waals surface area contributed by atoms with E-state index in [-0.39, 0.29) is 10.8 Å². The lowest BCUT2D eigenvalue weighted by Gasteiger charge is -2.09. The molecule has 0 amide bonds. The molecular weight excluding hydrogens is 190 g/mol. The number of aryl methyl sites for hydroxylation is 1. The second-order valence-corrected chi connectivity index (χ2v) is 3.24. The van der Waals surface area contributed by atoms with Crippen LogP contribution in [0.5, 0.6) is 5.75 Å². The maximum atomic E-state index is 11.5. The Labute approximate surface area is 80.9 Å². The highest BCUT2D eigenvalue weighted by Crippen LogP contribution is 2.20. The first-order valence-corrected chi connectivity index (χ1v) is 4.10. The first-order chi connectivity index (χ1) is 5.95. The molecule has 1 aromatic rings. The lowest BCUT2D eigenvalue weighted by atomic mass is 10.3. The standard InChI is InChI=1S/C9H10ClNO2/c1-5(2)11-6(3)4-7(12)8(10)9(11)13/h4,12H,1H2,2-3H3. The number of hydrogen-bond donors (Lipinski definition) is 1. The average molecular weight is 200 g/mol. The van der Waals surface area contributed by atoms with Crippen LogP contribution in [0.3, 0.4) is 0 Å². The van der Waals surface area contributed by atoms with E-state index in [4.69, 9.17) is 11.6 Å². The monoisotopic (exact) mass is 199 g/mol. The molecule has 0 unspecified atom stereocenters. The maximum absolute atomic E-state index is 11.5. The molecule has 0 aliphatic rings. The van der Waals surface area contributed by atoms with Crippen LogP contribution >= 0.6 is 11.6 Å². The molecule has 0 aromatic carbocycles. The summed E-state index contributed by atoms with van der Waals surface area (Å²) >= 11 is 5.57. The predicted molar refractivity (Wildman–Crippen MR) is 53.1 cm³/mol. The van der Waals surface area contributed by atoms with Crippen LogP contribution in [0.1, 0.15) is 12.6 Å². The number of allylic oxidation sites excluding steroid dienone is 1. The minimum absolute atomic E-state index is 0.173. The molecule has 0 atom stereocenters. The quantitative estimate of drug-likeness (QED) is 0.752. The molecule has 4 heteroatoms. The van der Waals surface area contributed by atoms with E-state index in [1.165, 1.54) is 10.6 Å². The van der Waals surface area contributed by atoms with Crippen molar-refractivity contribution in [1.29, 1.82) is 0 Å². The van der Waals surface area contributed by atoms with Crippen LogP contribution < -0.4 is 5.56 Å². The van der Waals surface area contributed by atoms with Crippen molar-refractivity contribution in [3.05, 3.63) is 33.7 Å². The van der Waals surface area contributed by atoms with Gasteiger partial charge in [0.05, 0.1) is 0 Å². The van der Waals surface area contributed by atoms with Crippen molar-refractivity contribution in [2.45, 2.75) is 13.8 Å². The molecule has 70 valence electrons. The largest absolute Gasteiger partial charge is 0.506 e. The zero-order valence-corrected chi connectivity index (χ0v) is 8.22. The molecule has 1 aromatic heterocycles. The molecule has 0 aliphatic carbocycles. The molecule has 1 rings (SSSR count). The molecular formula is C9H10ClNO2. The number of rotatable bonds is 1. The third-order valence-electron chi connectivity index (χ3n) is 1.70. The van der Waals surface area contributed by atoms with Crippen molar-refractivity contribution in [1.82, 2.24) is 4.57 Å². The molecule has 0 radical (unpaired) electrons. The minimum atomic E-state index is -0.438. The van der Waals surface area contributed by atoms with Gasteiger partial charge in [-0.05, 0) is 13.8 Å². The summed E-state index contributed by atoms with van der Waals surface area (Å²) in [5.41, 5.74) is 0.746. The summed E-state index contributed by atoms with van der Waals surface area (Å²) < 4.78 is 1.35. The lowest BCUT2D eigenvalue weighted by Crippen LogP contribution is -2.20. The fourth-order valence-electron chi connectivity index (χ4n) is 1.17. The molecule has 13 heavy (non-hydrogen) atoms. The van der Waals surface area contributed by atoms with Crippen LogP contribution in [-0.2, 0) is 0 Å². The Hall–Kier alpha value is -1.22. The molecule has 0 fully saturated rings. The molecule has 1 N–H and O–H groups in total. The van der Waals surface area contributed by atoms with Crippen molar-refractivity contribution in [2.75, 3.05) is 0 Å². The second-order valence-electron chi connectivity index (χ2n) is 2.86. The third kappa shape index (κ3) is 1.60. The van der Waals surface area contributed by atoms with Crippen LogP contribution in [0, 0.1) is 6.92 Å². The van der Waals surface area contributed by atoms with E-state index in [1.54, 1.807) is 13.8 Å². The average Bonchev–Trinajstić information content (AvgIpc) is 1.99. The number of aromatic hydroxyl groups is 1. The van der Waals surface area contributed by atoms with Crippen molar-refractivity contribution in [3.63, 3.8) is 0 Å². The van der Waals surface area contributed by atoms with E-state index in [0.29, 0.717) is 11.4 Å². The zero-order valence-electron chi connectivity index (χ0n) is 7.47. The summed E-state index contributed by atoms with van der Waals surface area (Å²) in [6.07, 6.45) is 0. The van der Waals surface area contributed by atoms with Crippen LogP contribution in [-0.4, -0.2) is 9.67 Å². The second kappa shape index (κ2) is 3.26. The van der Waals surface area contributed by atoms with Crippen LogP contribution in [0.4, 0.5) is 0 Å². The van der Waals surface area contributed by atoms with E-state index in [9.17, 15) is 9.90 Å². The molecule has 0 bridgehead atoms. The van der Waals surface area contributed by atoms with Gasteiger partial charge in [-0.1, -0.05) is 18.2 Å². The van der Waals surface area contributed by atoms with Crippen molar-refractivity contribution in [2.24, 2.45) is 0 Å². The van der Waals surface area contributed by atoms with Gasteiger partial charge < -0.3 is 5.11 Å². The Kier molecular flexibility index (Phi) is 2.48. The van der Waals surface area contributed by atoms with E-state index in [2.05, 4.69) is 6.58 Å². The fourth-order valence-corrected chi connectivity index (χ4v) is 1.31. The van der Waals surface area contributed by atoms with Crippen molar-refractivity contribution >= 4 is 17.3 Å². The van der Waals surface area contributed by atoms with Crippen LogP contribution in [0.15, 0.2) is 17.4 Å². The fraction of sp³-hybridized carbons (Fsp3) is 0.222. The molecule has 0 saturated heterocycles. The number of hydrogen-bond acceptors (Lipinski definition) is 2. The maximum Gasteiger partial charge on any atom is 0.277 e. The first-order valence-electron chi connectivity index (χ1n) is 3.72. The van der Waals surface area contributed by atoms with Gasteiger partial charge in [-0.3, -0.25) is 9.36 Å². The van der Waals surface area contributed by atoms with Crippen molar-refractivity contribution in [3.8, 4) is 5.75 Å². The van der Waals surface area contributed by atoms with Gasteiger partial charge in [-0.25, -0.2) is 0 Å². The Morgan fingerprint density at radius 1 is 1.69 bits per heavy atom. The Balaban J connectivity index is 3.63. The molecule has 0 aliphatic heterocycles. The summed E-state index contributed by atoms with van der Waals surface area (Å²) in [6.45, 7) is 7.04. The lowest BCUT2D eigenvalue weighted by molar-refractivity contribution is 0.472. The molecule has 3 nitrogen and oxygen atoms in total.